The molecule has 1 aromatic rings. The minimum absolute atomic E-state index is 1.13. The van der Waals surface area contributed by atoms with Gasteiger partial charge in [-0.15, -0.1) is 11.3 Å². The Bertz CT molecular complexity index is 229. The van der Waals surface area contributed by atoms with Crippen LogP contribution in [0.2, 0.25) is 0 Å². The maximum atomic E-state index is 3.18. The van der Waals surface area contributed by atoms with Crippen molar-refractivity contribution >= 4 is 11.3 Å². The average molecular weight is 152 g/mol. The molecule has 0 aliphatic carbocycles. The van der Waals surface area contributed by atoms with Gasteiger partial charge >= 0.3 is 0 Å². The lowest BCUT2D eigenvalue weighted by molar-refractivity contribution is 0.317. The van der Waals surface area contributed by atoms with Crippen molar-refractivity contribution in [1.29, 1.82) is 0 Å². The molecule has 1 aliphatic heterocycles. The van der Waals surface area contributed by atoms with Gasteiger partial charge in [-0.3, -0.25) is 0 Å². The minimum atomic E-state index is 1.13. The summed E-state index contributed by atoms with van der Waals surface area (Å²) in [6.07, 6.45) is 1.21. The maximum absolute atomic E-state index is 3.18. The van der Waals surface area contributed by atoms with Gasteiger partial charge < -0.3 is 4.90 Å². The first-order valence-electron chi connectivity index (χ1n) is 3.52. The summed E-state index contributed by atoms with van der Waals surface area (Å²) in [4.78, 5) is 3.86. The molecule has 1 aromatic heterocycles. The van der Waals surface area contributed by atoms with Crippen LogP contribution in [0.15, 0.2) is 6.07 Å². The summed E-state index contributed by atoms with van der Waals surface area (Å²) in [7, 11) is 2.17. The van der Waals surface area contributed by atoms with Gasteiger partial charge in [-0.25, -0.2) is 0 Å². The van der Waals surface area contributed by atoms with Crippen LogP contribution < -0.4 is 0 Å². The van der Waals surface area contributed by atoms with Crippen molar-refractivity contribution in [3.8, 4) is 0 Å². The second-order valence-electron chi connectivity index (χ2n) is 2.80. The summed E-state index contributed by atoms with van der Waals surface area (Å²) in [5, 5.41) is 3.18. The van der Waals surface area contributed by atoms with Crippen LogP contribution in [-0.4, -0.2) is 18.5 Å². The molecule has 0 bridgehead atoms. The van der Waals surface area contributed by atoms with Crippen LogP contribution >= 0.6 is 11.3 Å². The standard InChI is InChI=1S/C8H10NS/c1-9-4-2-7-3-5-10-8(7)6-9/h3H,2,4,6H2,1H3. The van der Waals surface area contributed by atoms with E-state index in [2.05, 4.69) is 23.4 Å². The lowest BCUT2D eigenvalue weighted by Gasteiger charge is -2.21. The molecule has 1 aliphatic rings. The van der Waals surface area contributed by atoms with Crippen molar-refractivity contribution in [2.75, 3.05) is 13.6 Å². The Labute approximate surface area is 65.3 Å². The second-order valence-corrected chi connectivity index (χ2v) is 3.73. The zero-order valence-electron chi connectivity index (χ0n) is 6.05. The van der Waals surface area contributed by atoms with Crippen LogP contribution in [0.3, 0.4) is 0 Å². The number of hydrogen-bond acceptors (Lipinski definition) is 2. The lowest BCUT2D eigenvalue weighted by Crippen LogP contribution is -2.24. The molecule has 10 heavy (non-hydrogen) atoms. The number of likely N-dealkylation sites (N-methyl/N-ethyl adjacent to an activating group) is 1. The molecule has 0 spiro atoms. The predicted molar refractivity (Wildman–Crippen MR) is 43.2 cm³/mol. The SMILES string of the molecule is CN1CCc2c[c]sc2C1. The number of nitrogens with zero attached hydrogens (tertiary/aromatic N) is 1. The molecule has 0 aromatic carbocycles. The van der Waals surface area contributed by atoms with Crippen LogP contribution in [-0.2, 0) is 13.0 Å². The van der Waals surface area contributed by atoms with Crippen molar-refractivity contribution < 1.29 is 0 Å². The van der Waals surface area contributed by atoms with Gasteiger partial charge in [0.2, 0.25) is 0 Å². The van der Waals surface area contributed by atoms with Gasteiger partial charge in [0.15, 0.2) is 0 Å². The molecule has 1 nitrogen and oxygen atoms in total. The van der Waals surface area contributed by atoms with Gasteiger partial charge in [0.05, 0.1) is 0 Å². The highest BCUT2D eigenvalue weighted by atomic mass is 32.1. The van der Waals surface area contributed by atoms with Crippen LogP contribution in [0.5, 0.6) is 0 Å². The monoisotopic (exact) mass is 152 g/mol. The van der Waals surface area contributed by atoms with E-state index in [-0.39, 0.29) is 0 Å². The fraction of sp³-hybridized carbons (Fsp3) is 0.500. The van der Waals surface area contributed by atoms with Gasteiger partial charge in [0.25, 0.3) is 0 Å². The third-order valence-corrected chi connectivity index (χ3v) is 2.82. The summed E-state index contributed by atoms with van der Waals surface area (Å²) in [5.74, 6) is 0. The molecule has 0 fully saturated rings. The molecule has 2 rings (SSSR count). The number of thiophene rings is 1. The first kappa shape index (κ1) is 6.38. The van der Waals surface area contributed by atoms with Gasteiger partial charge in [-0.1, -0.05) is 0 Å². The molecule has 53 valence electrons. The predicted octanol–water partition coefficient (Wildman–Crippen LogP) is 1.54. The fourth-order valence-electron chi connectivity index (χ4n) is 1.30. The molecule has 0 saturated heterocycles. The quantitative estimate of drug-likeness (QED) is 0.545. The van der Waals surface area contributed by atoms with E-state index in [9.17, 15) is 0 Å². The number of rotatable bonds is 0. The van der Waals surface area contributed by atoms with Crippen molar-refractivity contribution in [3.05, 3.63) is 21.9 Å². The van der Waals surface area contributed by atoms with Gasteiger partial charge in [0.1, 0.15) is 0 Å². The average Bonchev–Trinajstić information content (AvgIpc) is 2.33. The third kappa shape index (κ3) is 0.976. The Kier molecular flexibility index (Phi) is 1.51. The fourth-order valence-corrected chi connectivity index (χ4v) is 2.22. The summed E-state index contributed by atoms with van der Waals surface area (Å²) in [6.45, 7) is 2.33. The van der Waals surface area contributed by atoms with E-state index in [1.165, 1.54) is 23.4 Å². The normalized spacial score (nSPS) is 18.9. The van der Waals surface area contributed by atoms with E-state index >= 15 is 0 Å². The second kappa shape index (κ2) is 2.36. The molecule has 2 heteroatoms. The zero-order valence-corrected chi connectivity index (χ0v) is 6.87. The van der Waals surface area contributed by atoms with Crippen LogP contribution in [0.1, 0.15) is 10.4 Å². The zero-order chi connectivity index (χ0) is 6.97. The summed E-state index contributed by atoms with van der Waals surface area (Å²) >= 11 is 1.76. The molecular formula is C8H10NS. The van der Waals surface area contributed by atoms with E-state index < -0.39 is 0 Å². The maximum Gasteiger partial charge on any atom is 0.0449 e. The molecular weight excluding hydrogens is 142 g/mol. The molecule has 0 atom stereocenters. The van der Waals surface area contributed by atoms with E-state index in [4.69, 9.17) is 0 Å². The van der Waals surface area contributed by atoms with Crippen molar-refractivity contribution in [2.24, 2.45) is 0 Å². The Morgan fingerprint density at radius 1 is 1.70 bits per heavy atom. The Balaban J connectivity index is 2.30. The van der Waals surface area contributed by atoms with Crippen LogP contribution in [0.25, 0.3) is 0 Å². The van der Waals surface area contributed by atoms with E-state index in [1.54, 1.807) is 11.3 Å². The summed E-state index contributed by atoms with van der Waals surface area (Å²) in [6, 6.07) is 2.13. The topological polar surface area (TPSA) is 3.24 Å². The molecule has 0 saturated carbocycles. The smallest absolute Gasteiger partial charge is 0.0449 e. The molecule has 1 radical (unpaired) electrons. The molecule has 0 unspecified atom stereocenters. The first-order valence-corrected chi connectivity index (χ1v) is 4.34. The van der Waals surface area contributed by atoms with E-state index in [1.807, 2.05) is 0 Å². The van der Waals surface area contributed by atoms with Gasteiger partial charge in [-0.05, 0) is 25.1 Å². The molecule has 0 amide bonds. The summed E-state index contributed by atoms with van der Waals surface area (Å²) < 4.78 is 0. The highest BCUT2D eigenvalue weighted by Gasteiger charge is 2.12. The lowest BCUT2D eigenvalue weighted by atomic mass is 10.1. The number of fused-ring (bicyclic) bond motifs is 1. The van der Waals surface area contributed by atoms with Crippen LogP contribution in [0, 0.1) is 5.38 Å². The largest absolute Gasteiger partial charge is 0.301 e. The first-order chi connectivity index (χ1) is 4.86. The Hall–Kier alpha value is -0.340. The minimum Gasteiger partial charge on any atom is -0.301 e. The number of hydrogen-bond donors (Lipinski definition) is 0. The Morgan fingerprint density at radius 2 is 2.60 bits per heavy atom. The molecule has 2 heterocycles. The summed E-state index contributed by atoms with van der Waals surface area (Å²) in [5.41, 5.74) is 1.52. The van der Waals surface area contributed by atoms with Crippen molar-refractivity contribution in [2.45, 2.75) is 13.0 Å². The third-order valence-electron chi connectivity index (χ3n) is 1.95. The van der Waals surface area contributed by atoms with Crippen LogP contribution in [0.4, 0.5) is 0 Å². The molecule has 0 N–H and O–H groups in total. The van der Waals surface area contributed by atoms with E-state index in [0.717, 1.165) is 6.54 Å². The van der Waals surface area contributed by atoms with Gasteiger partial charge in [-0.2, -0.15) is 0 Å². The van der Waals surface area contributed by atoms with Gasteiger partial charge in [0, 0.05) is 23.3 Å². The Morgan fingerprint density at radius 3 is 3.50 bits per heavy atom. The van der Waals surface area contributed by atoms with E-state index in [0.29, 0.717) is 0 Å². The highest BCUT2D eigenvalue weighted by Crippen LogP contribution is 2.22. The van der Waals surface area contributed by atoms with Crippen molar-refractivity contribution in [3.63, 3.8) is 0 Å². The van der Waals surface area contributed by atoms with Crippen molar-refractivity contribution in [1.82, 2.24) is 4.90 Å². The highest BCUT2D eigenvalue weighted by molar-refractivity contribution is 7.09.